The van der Waals surface area contributed by atoms with E-state index >= 15 is 0 Å². The number of anilines is 1. The highest BCUT2D eigenvalue weighted by Crippen LogP contribution is 2.28. The van der Waals surface area contributed by atoms with E-state index < -0.39 is 0 Å². The van der Waals surface area contributed by atoms with Gasteiger partial charge in [0.25, 0.3) is 0 Å². The molecule has 0 saturated carbocycles. The van der Waals surface area contributed by atoms with Gasteiger partial charge in [0, 0.05) is 29.3 Å². The van der Waals surface area contributed by atoms with Crippen molar-refractivity contribution in [3.8, 4) is 0 Å². The summed E-state index contributed by atoms with van der Waals surface area (Å²) in [5.74, 6) is 0.715. The zero-order valence-electron chi connectivity index (χ0n) is 11.7. The van der Waals surface area contributed by atoms with Gasteiger partial charge in [0.1, 0.15) is 17.7 Å². The Morgan fingerprint density at radius 2 is 2.19 bits per heavy atom. The molecular formula is C16H16BrFN2O. The van der Waals surface area contributed by atoms with Crippen molar-refractivity contribution in [2.75, 3.05) is 24.6 Å². The Kier molecular flexibility index (Phi) is 4.22. The highest BCUT2D eigenvalue weighted by atomic mass is 79.9. The highest BCUT2D eigenvalue weighted by molar-refractivity contribution is 9.10. The minimum absolute atomic E-state index is 0.218. The molecule has 1 aromatic heterocycles. The lowest BCUT2D eigenvalue weighted by molar-refractivity contribution is 0.0372. The third-order valence-electron chi connectivity index (χ3n) is 3.64. The van der Waals surface area contributed by atoms with Gasteiger partial charge in [0.05, 0.1) is 6.61 Å². The summed E-state index contributed by atoms with van der Waals surface area (Å²) in [7, 11) is 0. The smallest absolute Gasteiger partial charge is 0.131 e. The maximum atomic E-state index is 13.9. The van der Waals surface area contributed by atoms with Crippen molar-refractivity contribution in [2.45, 2.75) is 13.0 Å². The molecule has 1 atom stereocenters. The first kappa shape index (κ1) is 14.5. The van der Waals surface area contributed by atoms with E-state index in [0.717, 1.165) is 22.4 Å². The maximum absolute atomic E-state index is 13.9. The van der Waals surface area contributed by atoms with Gasteiger partial charge in [-0.3, -0.25) is 0 Å². The quantitative estimate of drug-likeness (QED) is 0.821. The van der Waals surface area contributed by atoms with Crippen LogP contribution in [0.2, 0.25) is 0 Å². The minimum Gasteiger partial charge on any atom is -0.370 e. The summed E-state index contributed by atoms with van der Waals surface area (Å²) >= 11 is 3.42. The monoisotopic (exact) mass is 350 g/mol. The fraction of sp³-hybridized carbons (Fsp3) is 0.312. The van der Waals surface area contributed by atoms with E-state index in [1.165, 1.54) is 6.07 Å². The van der Waals surface area contributed by atoms with Gasteiger partial charge in [-0.25, -0.2) is 9.37 Å². The molecule has 110 valence electrons. The molecule has 0 N–H and O–H groups in total. The molecule has 1 unspecified atom stereocenters. The Bertz CT molecular complexity index is 650. The molecule has 5 heteroatoms. The number of pyridine rings is 1. The predicted molar refractivity (Wildman–Crippen MR) is 84.0 cm³/mol. The van der Waals surface area contributed by atoms with Crippen LogP contribution in [0.5, 0.6) is 0 Å². The van der Waals surface area contributed by atoms with E-state index in [9.17, 15) is 4.39 Å². The summed E-state index contributed by atoms with van der Waals surface area (Å²) in [5, 5.41) is 0. The SMILES string of the molecule is Cc1cc(Br)cnc1N1CCOC(c2ccccc2F)C1. The lowest BCUT2D eigenvalue weighted by Crippen LogP contribution is -2.39. The lowest BCUT2D eigenvalue weighted by Gasteiger charge is -2.34. The van der Waals surface area contributed by atoms with Gasteiger partial charge in [0.2, 0.25) is 0 Å². The molecule has 1 aromatic carbocycles. The normalized spacial score (nSPS) is 18.8. The fourth-order valence-electron chi connectivity index (χ4n) is 2.63. The van der Waals surface area contributed by atoms with Gasteiger partial charge in [-0.2, -0.15) is 0 Å². The van der Waals surface area contributed by atoms with E-state index in [2.05, 4.69) is 25.8 Å². The zero-order chi connectivity index (χ0) is 14.8. The van der Waals surface area contributed by atoms with Gasteiger partial charge < -0.3 is 9.64 Å². The molecule has 1 fully saturated rings. The summed E-state index contributed by atoms with van der Waals surface area (Å²) in [5.41, 5.74) is 1.70. The molecule has 0 radical (unpaired) electrons. The van der Waals surface area contributed by atoms with Crippen LogP contribution < -0.4 is 4.90 Å². The van der Waals surface area contributed by atoms with Crippen LogP contribution in [0.3, 0.4) is 0 Å². The second-order valence-corrected chi connectivity index (χ2v) is 6.04. The van der Waals surface area contributed by atoms with Crippen LogP contribution in [0.1, 0.15) is 17.2 Å². The second-order valence-electron chi connectivity index (χ2n) is 5.12. The molecule has 21 heavy (non-hydrogen) atoms. The molecule has 1 aliphatic heterocycles. The first-order valence-electron chi connectivity index (χ1n) is 6.88. The molecule has 3 nitrogen and oxygen atoms in total. The van der Waals surface area contributed by atoms with E-state index in [1.54, 1.807) is 18.3 Å². The molecular weight excluding hydrogens is 335 g/mol. The van der Waals surface area contributed by atoms with Gasteiger partial charge in [0.15, 0.2) is 0 Å². The molecule has 1 saturated heterocycles. The standard InChI is InChI=1S/C16H16BrFN2O/c1-11-8-12(17)9-19-16(11)20-6-7-21-15(10-20)13-4-2-3-5-14(13)18/h2-5,8-9,15H,6-7,10H2,1H3. The topological polar surface area (TPSA) is 25.4 Å². The number of benzene rings is 1. The number of halogens is 2. The highest BCUT2D eigenvalue weighted by Gasteiger charge is 2.25. The summed E-state index contributed by atoms with van der Waals surface area (Å²) in [6, 6.07) is 8.83. The average molecular weight is 351 g/mol. The van der Waals surface area contributed by atoms with Crippen molar-refractivity contribution in [1.29, 1.82) is 0 Å². The van der Waals surface area contributed by atoms with Gasteiger partial charge >= 0.3 is 0 Å². The van der Waals surface area contributed by atoms with Crippen molar-refractivity contribution in [2.24, 2.45) is 0 Å². The van der Waals surface area contributed by atoms with Crippen molar-refractivity contribution in [3.05, 3.63) is 57.9 Å². The molecule has 0 amide bonds. The number of rotatable bonds is 2. The number of nitrogens with zero attached hydrogens (tertiary/aromatic N) is 2. The number of ether oxygens (including phenoxy) is 1. The lowest BCUT2D eigenvalue weighted by atomic mass is 10.1. The first-order valence-corrected chi connectivity index (χ1v) is 7.67. The van der Waals surface area contributed by atoms with Crippen LogP contribution in [0, 0.1) is 12.7 Å². The van der Waals surface area contributed by atoms with E-state index in [1.807, 2.05) is 19.1 Å². The molecule has 1 aliphatic rings. The molecule has 0 bridgehead atoms. The largest absolute Gasteiger partial charge is 0.370 e. The van der Waals surface area contributed by atoms with Crippen molar-refractivity contribution in [1.82, 2.24) is 4.98 Å². The van der Waals surface area contributed by atoms with Crippen LogP contribution in [0.25, 0.3) is 0 Å². The first-order chi connectivity index (χ1) is 10.1. The Morgan fingerprint density at radius 1 is 1.38 bits per heavy atom. The van der Waals surface area contributed by atoms with E-state index in [0.29, 0.717) is 18.7 Å². The maximum Gasteiger partial charge on any atom is 0.131 e. The van der Waals surface area contributed by atoms with Crippen molar-refractivity contribution >= 4 is 21.7 Å². The third kappa shape index (κ3) is 3.09. The number of hydrogen-bond donors (Lipinski definition) is 0. The van der Waals surface area contributed by atoms with Crippen LogP contribution in [0.15, 0.2) is 41.0 Å². The van der Waals surface area contributed by atoms with Gasteiger partial charge in [-0.05, 0) is 40.5 Å². The van der Waals surface area contributed by atoms with E-state index in [-0.39, 0.29) is 11.9 Å². The molecule has 3 rings (SSSR count). The van der Waals surface area contributed by atoms with Crippen molar-refractivity contribution in [3.63, 3.8) is 0 Å². The summed E-state index contributed by atoms with van der Waals surface area (Å²) < 4.78 is 20.6. The second kappa shape index (κ2) is 6.12. The third-order valence-corrected chi connectivity index (χ3v) is 4.07. The molecule has 0 aliphatic carbocycles. The molecule has 2 heterocycles. The van der Waals surface area contributed by atoms with Crippen LogP contribution in [-0.2, 0) is 4.74 Å². The van der Waals surface area contributed by atoms with Crippen molar-refractivity contribution < 1.29 is 9.13 Å². The Hall–Kier alpha value is -1.46. The summed E-state index contributed by atoms with van der Waals surface area (Å²) in [4.78, 5) is 6.64. The van der Waals surface area contributed by atoms with Gasteiger partial charge in [-0.1, -0.05) is 18.2 Å². The molecule has 0 spiro atoms. The zero-order valence-corrected chi connectivity index (χ0v) is 13.3. The van der Waals surface area contributed by atoms with E-state index in [4.69, 9.17) is 4.74 Å². The molecule has 2 aromatic rings. The predicted octanol–water partition coefficient (Wildman–Crippen LogP) is 3.87. The number of morpholine rings is 1. The average Bonchev–Trinajstić information content (AvgIpc) is 2.48. The van der Waals surface area contributed by atoms with Gasteiger partial charge in [-0.15, -0.1) is 0 Å². The Morgan fingerprint density at radius 3 is 2.95 bits per heavy atom. The van der Waals surface area contributed by atoms with Crippen LogP contribution >= 0.6 is 15.9 Å². The Labute approximate surface area is 131 Å². The minimum atomic E-state index is -0.259. The van der Waals surface area contributed by atoms with Crippen LogP contribution in [-0.4, -0.2) is 24.7 Å². The number of hydrogen-bond acceptors (Lipinski definition) is 3. The fourth-order valence-corrected chi connectivity index (χ4v) is 3.08. The summed E-state index contributed by atoms with van der Waals surface area (Å²) in [6.07, 6.45) is 1.53. The number of aryl methyl sites for hydroxylation is 1. The summed E-state index contributed by atoms with van der Waals surface area (Å²) in [6.45, 7) is 3.97. The number of aromatic nitrogens is 1. The Balaban J connectivity index is 1.84. The van der Waals surface area contributed by atoms with Crippen LogP contribution in [0.4, 0.5) is 10.2 Å².